The van der Waals surface area contributed by atoms with E-state index in [0.717, 1.165) is 65.9 Å². The van der Waals surface area contributed by atoms with E-state index >= 15 is 0 Å². The molecule has 0 atom stereocenters. The molecule has 1 aliphatic heterocycles. The van der Waals surface area contributed by atoms with Gasteiger partial charge in [0.25, 0.3) is 0 Å². The van der Waals surface area contributed by atoms with Crippen LogP contribution in [0.25, 0.3) is 16.8 Å². The predicted molar refractivity (Wildman–Crippen MR) is 126 cm³/mol. The highest BCUT2D eigenvalue weighted by atomic mass is 16.5. The van der Waals surface area contributed by atoms with Gasteiger partial charge in [-0.25, -0.2) is 4.98 Å². The van der Waals surface area contributed by atoms with Crippen LogP contribution in [0.15, 0.2) is 61.1 Å². The van der Waals surface area contributed by atoms with Crippen molar-refractivity contribution in [2.75, 3.05) is 50.6 Å². The summed E-state index contributed by atoms with van der Waals surface area (Å²) >= 11 is 0. The zero-order chi connectivity index (χ0) is 21.9. The molecular formula is C24H27N7O. The molecule has 1 fully saturated rings. The van der Waals surface area contributed by atoms with Crippen molar-refractivity contribution in [3.05, 3.63) is 66.6 Å². The average molecular weight is 430 g/mol. The number of ether oxygens (including phenoxy) is 1. The lowest BCUT2D eigenvalue weighted by Crippen LogP contribution is -2.44. The molecule has 164 valence electrons. The maximum atomic E-state index is 5.46. The van der Waals surface area contributed by atoms with Crippen molar-refractivity contribution in [1.82, 2.24) is 24.5 Å². The van der Waals surface area contributed by atoms with E-state index in [0.29, 0.717) is 6.54 Å². The molecule has 3 aromatic heterocycles. The molecule has 8 heteroatoms. The number of nitrogens with zero attached hydrogens (tertiary/aromatic N) is 6. The minimum atomic E-state index is 0.637. The minimum Gasteiger partial charge on any atom is -0.496 e. The topological polar surface area (TPSA) is 70.8 Å². The van der Waals surface area contributed by atoms with Crippen LogP contribution >= 0.6 is 0 Å². The molecule has 0 saturated carbocycles. The summed E-state index contributed by atoms with van der Waals surface area (Å²) in [4.78, 5) is 9.41. The van der Waals surface area contributed by atoms with Gasteiger partial charge < -0.3 is 19.9 Å². The van der Waals surface area contributed by atoms with E-state index in [1.165, 1.54) is 0 Å². The van der Waals surface area contributed by atoms with E-state index in [-0.39, 0.29) is 0 Å². The van der Waals surface area contributed by atoms with Crippen LogP contribution < -0.4 is 15.0 Å². The summed E-state index contributed by atoms with van der Waals surface area (Å²) in [5.74, 6) is 2.80. The first-order chi connectivity index (χ1) is 15.7. The average Bonchev–Trinajstić information content (AvgIpc) is 3.34. The Balaban J connectivity index is 1.37. The molecular weight excluding hydrogens is 402 g/mol. The molecule has 1 aliphatic rings. The number of aromatic nitrogens is 4. The van der Waals surface area contributed by atoms with Crippen LogP contribution in [0.1, 0.15) is 5.56 Å². The normalized spacial score (nSPS) is 14.6. The summed E-state index contributed by atoms with van der Waals surface area (Å²) in [7, 11) is 3.85. The Bertz CT molecular complexity index is 1200. The first-order valence-electron chi connectivity index (χ1n) is 10.8. The Kier molecular flexibility index (Phi) is 5.60. The fourth-order valence-corrected chi connectivity index (χ4v) is 4.08. The quantitative estimate of drug-likeness (QED) is 0.505. The SMILES string of the molecule is COc1ccccc1CNc1ccc(-c2ccc(N3CCN(C)CC3)nc2)c2nncn12. The number of pyridine rings is 2. The summed E-state index contributed by atoms with van der Waals surface area (Å²) in [5.41, 5.74) is 3.91. The number of rotatable bonds is 6. The van der Waals surface area contributed by atoms with Crippen LogP contribution in [0.5, 0.6) is 5.75 Å². The van der Waals surface area contributed by atoms with Gasteiger partial charge in [0.2, 0.25) is 0 Å². The minimum absolute atomic E-state index is 0.637. The van der Waals surface area contributed by atoms with Crippen LogP contribution in [0, 0.1) is 0 Å². The number of piperazine rings is 1. The monoisotopic (exact) mass is 429 g/mol. The number of para-hydroxylation sites is 1. The van der Waals surface area contributed by atoms with E-state index in [1.54, 1.807) is 13.4 Å². The lowest BCUT2D eigenvalue weighted by molar-refractivity contribution is 0.312. The van der Waals surface area contributed by atoms with Gasteiger partial charge in [-0.1, -0.05) is 18.2 Å². The molecule has 0 radical (unpaired) electrons. The largest absolute Gasteiger partial charge is 0.496 e. The first-order valence-corrected chi connectivity index (χ1v) is 10.8. The smallest absolute Gasteiger partial charge is 0.170 e. The predicted octanol–water partition coefficient (Wildman–Crippen LogP) is 3.16. The van der Waals surface area contributed by atoms with Crippen molar-refractivity contribution >= 4 is 17.3 Å². The van der Waals surface area contributed by atoms with Gasteiger partial charge in [-0.05, 0) is 37.4 Å². The van der Waals surface area contributed by atoms with E-state index < -0.39 is 0 Å². The second kappa shape index (κ2) is 8.84. The highest BCUT2D eigenvalue weighted by Crippen LogP contribution is 2.28. The first kappa shape index (κ1) is 20.3. The fourth-order valence-electron chi connectivity index (χ4n) is 4.08. The Morgan fingerprint density at radius 1 is 1.00 bits per heavy atom. The molecule has 4 aromatic rings. The number of likely N-dealkylation sites (N-methyl/N-ethyl adjacent to an activating group) is 1. The number of benzene rings is 1. The Morgan fingerprint density at radius 3 is 2.62 bits per heavy atom. The highest BCUT2D eigenvalue weighted by molar-refractivity contribution is 5.79. The summed E-state index contributed by atoms with van der Waals surface area (Å²) in [6.45, 7) is 4.77. The van der Waals surface area contributed by atoms with Crippen LogP contribution in [0.3, 0.4) is 0 Å². The van der Waals surface area contributed by atoms with Crippen LogP contribution in [-0.4, -0.2) is 64.8 Å². The van der Waals surface area contributed by atoms with Crippen molar-refractivity contribution in [1.29, 1.82) is 0 Å². The highest BCUT2D eigenvalue weighted by Gasteiger charge is 2.16. The van der Waals surface area contributed by atoms with Crippen LogP contribution in [0.4, 0.5) is 11.6 Å². The molecule has 0 unspecified atom stereocenters. The summed E-state index contributed by atoms with van der Waals surface area (Å²) in [6, 6.07) is 16.3. The van der Waals surface area contributed by atoms with Gasteiger partial charge >= 0.3 is 0 Å². The van der Waals surface area contributed by atoms with Gasteiger partial charge in [-0.2, -0.15) is 0 Å². The summed E-state index contributed by atoms with van der Waals surface area (Å²) < 4.78 is 7.43. The lowest BCUT2D eigenvalue weighted by atomic mass is 10.1. The standard InChI is InChI=1S/C24H27N7O/c1-29-11-13-30(14-12-29)22-9-7-18(15-25-22)20-8-10-23(31-17-27-28-24(20)31)26-16-19-5-3-4-6-21(19)32-2/h3-10,15,17,26H,11-14,16H2,1-2H3. The maximum absolute atomic E-state index is 5.46. The van der Waals surface area contributed by atoms with Gasteiger partial charge in [-0.15, -0.1) is 10.2 Å². The van der Waals surface area contributed by atoms with Crippen LogP contribution in [0.2, 0.25) is 0 Å². The Hall–Kier alpha value is -3.65. The zero-order valence-corrected chi connectivity index (χ0v) is 18.4. The molecule has 1 N–H and O–H groups in total. The molecule has 32 heavy (non-hydrogen) atoms. The van der Waals surface area contributed by atoms with Gasteiger partial charge in [-0.3, -0.25) is 4.40 Å². The molecule has 1 saturated heterocycles. The van der Waals surface area contributed by atoms with Crippen molar-refractivity contribution < 1.29 is 4.74 Å². The van der Waals surface area contributed by atoms with E-state index in [1.807, 2.05) is 28.8 Å². The number of fused-ring (bicyclic) bond motifs is 1. The molecule has 5 rings (SSSR count). The third-order valence-electron chi connectivity index (χ3n) is 5.99. The van der Waals surface area contributed by atoms with Gasteiger partial charge in [0.05, 0.1) is 7.11 Å². The fraction of sp³-hybridized carbons (Fsp3) is 0.292. The van der Waals surface area contributed by atoms with Gasteiger partial charge in [0.15, 0.2) is 5.65 Å². The van der Waals surface area contributed by atoms with E-state index in [4.69, 9.17) is 9.72 Å². The third kappa shape index (κ3) is 3.97. The van der Waals surface area contributed by atoms with E-state index in [2.05, 4.69) is 62.7 Å². The van der Waals surface area contributed by atoms with Crippen molar-refractivity contribution in [3.63, 3.8) is 0 Å². The second-order valence-corrected chi connectivity index (χ2v) is 8.02. The van der Waals surface area contributed by atoms with Crippen molar-refractivity contribution in [2.24, 2.45) is 0 Å². The second-order valence-electron chi connectivity index (χ2n) is 8.02. The molecule has 0 bridgehead atoms. The molecule has 4 heterocycles. The van der Waals surface area contributed by atoms with Gasteiger partial charge in [0, 0.05) is 55.6 Å². The zero-order valence-electron chi connectivity index (χ0n) is 18.4. The summed E-state index contributed by atoms with van der Waals surface area (Å²) in [6.07, 6.45) is 3.66. The van der Waals surface area contributed by atoms with Crippen molar-refractivity contribution in [2.45, 2.75) is 6.54 Å². The van der Waals surface area contributed by atoms with E-state index in [9.17, 15) is 0 Å². The number of anilines is 2. The molecule has 1 aromatic carbocycles. The van der Waals surface area contributed by atoms with Crippen molar-refractivity contribution in [3.8, 4) is 16.9 Å². The summed E-state index contributed by atoms with van der Waals surface area (Å²) in [5, 5.41) is 12.0. The van der Waals surface area contributed by atoms with Gasteiger partial charge in [0.1, 0.15) is 23.7 Å². The third-order valence-corrected chi connectivity index (χ3v) is 5.99. The lowest BCUT2D eigenvalue weighted by Gasteiger charge is -2.33. The number of nitrogens with one attached hydrogen (secondary N) is 1. The Morgan fingerprint density at radius 2 is 1.84 bits per heavy atom. The number of hydrogen-bond donors (Lipinski definition) is 1. The maximum Gasteiger partial charge on any atom is 0.170 e. The number of hydrogen-bond acceptors (Lipinski definition) is 7. The molecule has 0 spiro atoms. The molecule has 8 nitrogen and oxygen atoms in total. The Labute approximate surface area is 187 Å². The molecule has 0 aliphatic carbocycles. The number of methoxy groups -OCH3 is 1. The molecule has 0 amide bonds. The van der Waals surface area contributed by atoms with Crippen LogP contribution in [-0.2, 0) is 6.54 Å².